The van der Waals surface area contributed by atoms with Crippen LogP contribution in [0.1, 0.15) is 48.9 Å². The number of benzene rings is 2. The van der Waals surface area contributed by atoms with Crippen molar-refractivity contribution in [1.29, 1.82) is 0 Å². The number of rotatable bonds is 11. The number of carbonyl (C=O) groups excluding carboxylic acids is 2. The van der Waals surface area contributed by atoms with Crippen molar-refractivity contribution in [3.8, 4) is 16.9 Å². The van der Waals surface area contributed by atoms with Gasteiger partial charge < -0.3 is 9.47 Å². The van der Waals surface area contributed by atoms with Gasteiger partial charge in [-0.1, -0.05) is 43.5 Å². The van der Waals surface area contributed by atoms with E-state index in [4.69, 9.17) is 9.47 Å². The Kier molecular flexibility index (Phi) is 8.40. The van der Waals surface area contributed by atoms with Gasteiger partial charge in [0.25, 0.3) is 0 Å². The number of hydrogen-bond donors (Lipinski definition) is 0. The van der Waals surface area contributed by atoms with E-state index in [0.29, 0.717) is 18.6 Å². The topological polar surface area (TPSA) is 52.6 Å². The zero-order chi connectivity index (χ0) is 18.6. The van der Waals surface area contributed by atoms with Gasteiger partial charge in [-0.3, -0.25) is 4.79 Å². The van der Waals surface area contributed by atoms with E-state index in [1.165, 1.54) is 7.11 Å². The lowest BCUT2D eigenvalue weighted by Crippen LogP contribution is -2.00. The van der Waals surface area contributed by atoms with Gasteiger partial charge in [0.15, 0.2) is 6.29 Å². The van der Waals surface area contributed by atoms with E-state index >= 15 is 0 Å². The normalized spacial score (nSPS) is 10.3. The van der Waals surface area contributed by atoms with Crippen LogP contribution in [0.5, 0.6) is 5.75 Å². The minimum Gasteiger partial charge on any atom is -0.494 e. The van der Waals surface area contributed by atoms with Crippen LogP contribution in [0.15, 0.2) is 48.5 Å². The zero-order valence-electron chi connectivity index (χ0n) is 15.2. The number of methoxy groups -OCH3 is 1. The van der Waals surface area contributed by atoms with Crippen LogP contribution in [0.4, 0.5) is 0 Å². The summed E-state index contributed by atoms with van der Waals surface area (Å²) >= 11 is 0. The summed E-state index contributed by atoms with van der Waals surface area (Å²) in [5, 5.41) is 0. The smallest absolute Gasteiger partial charge is 0.337 e. The summed E-state index contributed by atoms with van der Waals surface area (Å²) in [5.74, 6) is 0.526. The molecule has 0 aliphatic rings. The molecule has 4 heteroatoms. The molecule has 0 saturated heterocycles. The van der Waals surface area contributed by atoms with E-state index in [9.17, 15) is 9.59 Å². The van der Waals surface area contributed by atoms with Crippen molar-refractivity contribution in [2.24, 2.45) is 0 Å². The highest BCUT2D eigenvalue weighted by Crippen LogP contribution is 2.23. The Morgan fingerprint density at radius 1 is 0.846 bits per heavy atom. The quantitative estimate of drug-likeness (QED) is 0.423. The second kappa shape index (κ2) is 11.1. The minimum absolute atomic E-state index is 0.331. The van der Waals surface area contributed by atoms with E-state index in [1.807, 2.05) is 42.7 Å². The fourth-order valence-corrected chi connectivity index (χ4v) is 2.68. The Balaban J connectivity index is 1.75. The number of esters is 1. The lowest BCUT2D eigenvalue weighted by atomic mass is 10.0. The maximum atomic E-state index is 11.5. The molecule has 0 aliphatic carbocycles. The summed E-state index contributed by atoms with van der Waals surface area (Å²) < 4.78 is 10.5. The summed E-state index contributed by atoms with van der Waals surface area (Å²) in [5.41, 5.74) is 2.65. The molecule has 137 valence electrons. The molecule has 2 aromatic rings. The van der Waals surface area contributed by atoms with Gasteiger partial charge in [0.2, 0.25) is 0 Å². The van der Waals surface area contributed by atoms with E-state index < -0.39 is 0 Å². The van der Waals surface area contributed by atoms with Crippen molar-refractivity contribution >= 4 is 12.3 Å². The van der Waals surface area contributed by atoms with Gasteiger partial charge >= 0.3 is 5.97 Å². The van der Waals surface area contributed by atoms with Crippen molar-refractivity contribution in [2.45, 2.75) is 38.5 Å². The predicted octanol–water partition coefficient (Wildman–Crippen LogP) is 4.97. The molecule has 0 saturated carbocycles. The molecule has 0 N–H and O–H groups in total. The van der Waals surface area contributed by atoms with Crippen molar-refractivity contribution < 1.29 is 19.1 Å². The molecule has 4 nitrogen and oxygen atoms in total. The summed E-state index contributed by atoms with van der Waals surface area (Å²) in [6.45, 7) is 0.701. The van der Waals surface area contributed by atoms with Crippen molar-refractivity contribution in [3.05, 3.63) is 54.1 Å². The number of hydrogen-bond acceptors (Lipinski definition) is 4. The van der Waals surface area contributed by atoms with Gasteiger partial charge in [-0.2, -0.15) is 0 Å². The van der Waals surface area contributed by atoms with Crippen LogP contribution >= 0.6 is 0 Å². The first-order valence-electron chi connectivity index (χ1n) is 9.01. The Labute approximate surface area is 155 Å². The molecule has 2 aromatic carbocycles. The van der Waals surface area contributed by atoms with Crippen molar-refractivity contribution in [1.82, 2.24) is 0 Å². The second-order valence-corrected chi connectivity index (χ2v) is 6.10. The summed E-state index contributed by atoms with van der Waals surface area (Å²) in [7, 11) is 1.38. The molecule has 0 spiro atoms. The fourth-order valence-electron chi connectivity index (χ4n) is 2.68. The van der Waals surface area contributed by atoms with Gasteiger partial charge in [0.1, 0.15) is 5.75 Å². The van der Waals surface area contributed by atoms with Crippen LogP contribution in [0.3, 0.4) is 0 Å². The summed E-state index contributed by atoms with van der Waals surface area (Å²) in [6, 6.07) is 15.3. The molecule has 0 heterocycles. The highest BCUT2D eigenvalue weighted by Gasteiger charge is 2.05. The SMILES string of the molecule is COC(=O)c1ccc(-c2ccc(OCCCCCCC[C]=O)cc2)cc1. The van der Waals surface area contributed by atoms with Gasteiger partial charge in [-0.15, -0.1) is 0 Å². The van der Waals surface area contributed by atoms with Gasteiger partial charge in [-0.25, -0.2) is 4.79 Å². The van der Waals surface area contributed by atoms with Crippen LogP contribution in [0.2, 0.25) is 0 Å². The largest absolute Gasteiger partial charge is 0.494 e. The average molecular weight is 353 g/mol. The van der Waals surface area contributed by atoms with E-state index in [-0.39, 0.29) is 5.97 Å². The Morgan fingerprint density at radius 2 is 1.42 bits per heavy atom. The molecular weight excluding hydrogens is 328 g/mol. The molecule has 2 rings (SSSR count). The molecule has 0 bridgehead atoms. The van der Waals surface area contributed by atoms with Crippen molar-refractivity contribution in [2.75, 3.05) is 13.7 Å². The average Bonchev–Trinajstić information content (AvgIpc) is 2.70. The molecule has 0 amide bonds. The predicted molar refractivity (Wildman–Crippen MR) is 102 cm³/mol. The third kappa shape index (κ3) is 6.36. The molecule has 0 unspecified atom stereocenters. The van der Waals surface area contributed by atoms with E-state index in [0.717, 1.165) is 49.0 Å². The minimum atomic E-state index is -0.331. The molecule has 0 atom stereocenters. The Morgan fingerprint density at radius 3 is 2.04 bits per heavy atom. The van der Waals surface area contributed by atoms with Crippen LogP contribution in [0.25, 0.3) is 11.1 Å². The third-order valence-electron chi connectivity index (χ3n) is 4.19. The maximum Gasteiger partial charge on any atom is 0.337 e. The van der Waals surface area contributed by atoms with Gasteiger partial charge in [-0.05, 0) is 48.2 Å². The molecule has 26 heavy (non-hydrogen) atoms. The first kappa shape index (κ1) is 19.7. The molecule has 0 aliphatic heterocycles. The first-order chi connectivity index (χ1) is 12.7. The van der Waals surface area contributed by atoms with Crippen LogP contribution in [-0.2, 0) is 9.53 Å². The number of carbonyl (C=O) groups is 1. The van der Waals surface area contributed by atoms with E-state index in [1.54, 1.807) is 12.1 Å². The summed E-state index contributed by atoms with van der Waals surface area (Å²) in [4.78, 5) is 21.6. The van der Waals surface area contributed by atoms with E-state index in [2.05, 4.69) is 0 Å². The summed E-state index contributed by atoms with van der Waals surface area (Å²) in [6.07, 6.45) is 7.75. The van der Waals surface area contributed by atoms with Crippen LogP contribution in [0, 0.1) is 0 Å². The Bertz CT molecular complexity index is 674. The highest BCUT2D eigenvalue weighted by molar-refractivity contribution is 5.89. The maximum absolute atomic E-state index is 11.5. The van der Waals surface area contributed by atoms with Crippen molar-refractivity contribution in [3.63, 3.8) is 0 Å². The van der Waals surface area contributed by atoms with Gasteiger partial charge in [0.05, 0.1) is 19.3 Å². The molecular formula is C22H25O4. The third-order valence-corrected chi connectivity index (χ3v) is 4.19. The van der Waals surface area contributed by atoms with Gasteiger partial charge in [0, 0.05) is 6.42 Å². The Hall–Kier alpha value is -2.62. The molecule has 0 aromatic heterocycles. The van der Waals surface area contributed by atoms with Crippen LogP contribution < -0.4 is 4.74 Å². The second-order valence-electron chi connectivity index (χ2n) is 6.10. The lowest BCUT2D eigenvalue weighted by Gasteiger charge is -2.08. The monoisotopic (exact) mass is 353 g/mol. The number of unbranched alkanes of at least 4 members (excludes halogenated alkanes) is 5. The fraction of sp³-hybridized carbons (Fsp3) is 0.364. The molecule has 0 fully saturated rings. The molecule has 1 radical (unpaired) electrons. The number of ether oxygens (including phenoxy) is 2. The zero-order valence-corrected chi connectivity index (χ0v) is 15.2. The first-order valence-corrected chi connectivity index (χ1v) is 9.01. The standard InChI is InChI=1S/C22H25O4/c1-25-22(24)20-10-8-18(9-11-20)19-12-14-21(15-13-19)26-17-7-5-3-2-4-6-16-23/h8-15H,2-7,17H2,1H3. The van der Waals surface area contributed by atoms with Crippen LogP contribution in [-0.4, -0.2) is 26.0 Å². The highest BCUT2D eigenvalue weighted by atomic mass is 16.5. The lowest BCUT2D eigenvalue weighted by molar-refractivity contribution is 0.0600.